The van der Waals surface area contributed by atoms with Gasteiger partial charge in [0, 0.05) is 22.8 Å². The number of aryl methyl sites for hydroxylation is 2. The lowest BCUT2D eigenvalue weighted by atomic mass is 10.0. The maximum Gasteiger partial charge on any atom is 0.274 e. The maximum atomic E-state index is 15.5. The highest BCUT2D eigenvalue weighted by molar-refractivity contribution is 7.92. The number of amides is 1. The zero-order valence-electron chi connectivity index (χ0n) is 19.7. The number of aromatic amines is 2. The van der Waals surface area contributed by atoms with Crippen LogP contribution >= 0.6 is 0 Å². The van der Waals surface area contributed by atoms with Crippen LogP contribution in [0.15, 0.2) is 53.7 Å². The fourth-order valence-corrected chi connectivity index (χ4v) is 5.20. The van der Waals surface area contributed by atoms with E-state index in [1.165, 1.54) is 37.5 Å². The normalized spacial score (nSPS) is 11.6. The van der Waals surface area contributed by atoms with Gasteiger partial charge in [-0.2, -0.15) is 10.2 Å². The monoisotopic (exact) mass is 541 g/mol. The van der Waals surface area contributed by atoms with E-state index in [0.29, 0.717) is 11.4 Å². The minimum absolute atomic E-state index is 0.0623. The van der Waals surface area contributed by atoms with Crippen LogP contribution in [-0.2, 0) is 10.0 Å². The first-order valence-corrected chi connectivity index (χ1v) is 12.5. The number of sulfonamides is 1. The van der Waals surface area contributed by atoms with Gasteiger partial charge in [0.05, 0.1) is 28.8 Å². The van der Waals surface area contributed by atoms with Crippen LogP contribution in [0.4, 0.5) is 24.5 Å². The Kier molecular flexibility index (Phi) is 6.11. The molecule has 0 spiro atoms. The number of nitrogens with one attached hydrogen (secondary N) is 4. The van der Waals surface area contributed by atoms with Crippen LogP contribution < -0.4 is 10.0 Å². The highest BCUT2D eigenvalue weighted by atomic mass is 32.2. The quantitative estimate of drug-likeness (QED) is 0.250. The predicted molar refractivity (Wildman–Crippen MR) is 132 cm³/mol. The Balaban J connectivity index is 1.54. The number of hydrogen-bond donors (Lipinski definition) is 4. The second-order valence-electron chi connectivity index (χ2n) is 8.29. The van der Waals surface area contributed by atoms with E-state index < -0.39 is 50.2 Å². The molecule has 0 fully saturated rings. The summed E-state index contributed by atoms with van der Waals surface area (Å²) in [6.07, 6.45) is 2.79. The zero-order chi connectivity index (χ0) is 27.2. The summed E-state index contributed by atoms with van der Waals surface area (Å²) in [4.78, 5) is 16.5. The minimum atomic E-state index is -4.30. The summed E-state index contributed by atoms with van der Waals surface area (Å²) >= 11 is 0. The molecule has 3 heterocycles. The molecule has 0 aliphatic rings. The molecular formula is C24H18F3N7O3S. The molecule has 14 heteroatoms. The van der Waals surface area contributed by atoms with Crippen LogP contribution in [0.5, 0.6) is 0 Å². The summed E-state index contributed by atoms with van der Waals surface area (Å²) in [5.74, 6) is -4.23. The Labute approximate surface area is 213 Å². The van der Waals surface area contributed by atoms with Gasteiger partial charge < -0.3 is 5.32 Å². The van der Waals surface area contributed by atoms with Gasteiger partial charge >= 0.3 is 0 Å². The number of fused-ring (bicyclic) bond motifs is 1. The number of aromatic nitrogens is 5. The van der Waals surface area contributed by atoms with Gasteiger partial charge in [-0.15, -0.1) is 0 Å². The fourth-order valence-electron chi connectivity index (χ4n) is 3.96. The standard InChI is InChI=1S/C24H18F3N7O3S/c1-11-3-8-18(12(2)30-11)38(36,37)34-17-7-6-16(25)19(21(17)27)14-4-5-15-22(20(14)26)32-33-23(15)24(35)31-13-9-28-29-10-13/h3-10,34H,1-2H3,(H,28,29)(H,31,35)(H,32,33). The highest BCUT2D eigenvalue weighted by Crippen LogP contribution is 2.36. The van der Waals surface area contributed by atoms with Gasteiger partial charge in [0.1, 0.15) is 21.9 Å². The Morgan fingerprint density at radius 1 is 1.00 bits per heavy atom. The topological polar surface area (TPSA) is 146 Å². The van der Waals surface area contributed by atoms with Crippen molar-refractivity contribution in [2.75, 3.05) is 10.0 Å². The molecular weight excluding hydrogens is 523 g/mol. The summed E-state index contributed by atoms with van der Waals surface area (Å²) in [5.41, 5.74) is -1.23. The molecule has 3 aromatic heterocycles. The number of nitrogens with zero attached hydrogens (tertiary/aromatic N) is 3. The number of hydrogen-bond acceptors (Lipinski definition) is 6. The van der Waals surface area contributed by atoms with Gasteiger partial charge in [0.15, 0.2) is 11.6 Å². The van der Waals surface area contributed by atoms with Crippen molar-refractivity contribution >= 4 is 38.2 Å². The Hall–Kier alpha value is -4.72. The largest absolute Gasteiger partial charge is 0.318 e. The van der Waals surface area contributed by atoms with Crippen molar-refractivity contribution < 1.29 is 26.4 Å². The number of H-pyrrole nitrogens is 2. The molecule has 0 bridgehead atoms. The Morgan fingerprint density at radius 2 is 1.79 bits per heavy atom. The van der Waals surface area contributed by atoms with Crippen LogP contribution in [0, 0.1) is 31.3 Å². The summed E-state index contributed by atoms with van der Waals surface area (Å²) in [6.45, 7) is 3.16. The third-order valence-corrected chi connectivity index (χ3v) is 7.22. The number of halogens is 3. The molecule has 0 saturated carbocycles. The molecule has 4 N–H and O–H groups in total. The van der Waals surface area contributed by atoms with Crippen LogP contribution in [0.2, 0.25) is 0 Å². The van der Waals surface area contributed by atoms with Crippen molar-refractivity contribution in [1.82, 2.24) is 25.4 Å². The molecule has 0 saturated heterocycles. The van der Waals surface area contributed by atoms with Crippen molar-refractivity contribution in [2.24, 2.45) is 0 Å². The lowest BCUT2D eigenvalue weighted by Crippen LogP contribution is -2.16. The fraction of sp³-hybridized carbons (Fsp3) is 0.0833. The smallest absolute Gasteiger partial charge is 0.274 e. The lowest BCUT2D eigenvalue weighted by molar-refractivity contribution is 0.102. The molecule has 0 radical (unpaired) electrons. The number of carbonyl (C=O) groups is 1. The van der Waals surface area contributed by atoms with Gasteiger partial charge in [-0.1, -0.05) is 6.07 Å². The average Bonchev–Trinajstić information content (AvgIpc) is 3.52. The number of pyridine rings is 1. The molecule has 0 unspecified atom stereocenters. The average molecular weight is 542 g/mol. The molecule has 2 aromatic carbocycles. The predicted octanol–water partition coefficient (Wildman–Crippen LogP) is 4.44. The van der Waals surface area contributed by atoms with E-state index >= 15 is 8.78 Å². The van der Waals surface area contributed by atoms with Crippen molar-refractivity contribution in [2.45, 2.75) is 18.7 Å². The zero-order valence-corrected chi connectivity index (χ0v) is 20.5. The summed E-state index contributed by atoms with van der Waals surface area (Å²) in [7, 11) is -4.30. The Bertz CT molecular complexity index is 1820. The number of carbonyl (C=O) groups excluding carboxylic acids is 1. The first kappa shape index (κ1) is 25.0. The SMILES string of the molecule is Cc1ccc(S(=O)(=O)Nc2ccc(F)c(-c3ccc4c(C(=O)Nc5cn[nH]c5)[nH]nc4c3F)c2F)c(C)n1. The molecule has 1 amide bonds. The van der Waals surface area contributed by atoms with E-state index in [1.807, 2.05) is 0 Å². The molecule has 194 valence electrons. The van der Waals surface area contributed by atoms with Crippen LogP contribution in [0.1, 0.15) is 21.9 Å². The number of anilines is 2. The van der Waals surface area contributed by atoms with Gasteiger partial charge in [0.25, 0.3) is 15.9 Å². The van der Waals surface area contributed by atoms with E-state index in [-0.39, 0.29) is 27.2 Å². The van der Waals surface area contributed by atoms with Gasteiger partial charge in [-0.05, 0) is 44.2 Å². The van der Waals surface area contributed by atoms with Gasteiger partial charge in [0.2, 0.25) is 0 Å². The summed E-state index contributed by atoms with van der Waals surface area (Å²) in [6, 6.07) is 6.86. The van der Waals surface area contributed by atoms with Crippen molar-refractivity contribution in [1.29, 1.82) is 0 Å². The van der Waals surface area contributed by atoms with Gasteiger partial charge in [-0.25, -0.2) is 21.6 Å². The van der Waals surface area contributed by atoms with Crippen LogP contribution in [-0.4, -0.2) is 39.7 Å². The van der Waals surface area contributed by atoms with Gasteiger partial charge in [-0.3, -0.25) is 24.7 Å². The van der Waals surface area contributed by atoms with E-state index in [1.54, 1.807) is 6.92 Å². The van der Waals surface area contributed by atoms with Crippen molar-refractivity contribution in [3.63, 3.8) is 0 Å². The third-order valence-electron chi connectivity index (χ3n) is 5.72. The van der Waals surface area contributed by atoms with E-state index in [4.69, 9.17) is 0 Å². The first-order valence-electron chi connectivity index (χ1n) is 11.0. The molecule has 0 aliphatic carbocycles. The van der Waals surface area contributed by atoms with E-state index in [0.717, 1.165) is 18.2 Å². The second-order valence-corrected chi connectivity index (χ2v) is 9.94. The maximum absolute atomic E-state index is 15.5. The van der Waals surface area contributed by atoms with E-state index in [9.17, 15) is 17.6 Å². The molecule has 5 aromatic rings. The molecule has 38 heavy (non-hydrogen) atoms. The first-order chi connectivity index (χ1) is 18.1. The third kappa shape index (κ3) is 4.34. The number of benzene rings is 2. The molecule has 10 nitrogen and oxygen atoms in total. The summed E-state index contributed by atoms with van der Waals surface area (Å²) < 4.78 is 73.7. The molecule has 0 atom stereocenters. The van der Waals surface area contributed by atoms with Crippen LogP contribution in [0.25, 0.3) is 22.0 Å². The Morgan fingerprint density at radius 3 is 2.50 bits per heavy atom. The van der Waals surface area contributed by atoms with Crippen molar-refractivity contribution in [3.05, 3.63) is 83.3 Å². The van der Waals surface area contributed by atoms with E-state index in [2.05, 4.69) is 35.4 Å². The minimum Gasteiger partial charge on any atom is -0.318 e. The second kappa shape index (κ2) is 9.30. The molecule has 0 aliphatic heterocycles. The lowest BCUT2D eigenvalue weighted by Gasteiger charge is -2.14. The van der Waals surface area contributed by atoms with Crippen LogP contribution in [0.3, 0.4) is 0 Å². The summed E-state index contributed by atoms with van der Waals surface area (Å²) in [5, 5.41) is 15.1. The number of rotatable bonds is 6. The van der Waals surface area contributed by atoms with Crippen molar-refractivity contribution in [3.8, 4) is 11.1 Å². The molecule has 5 rings (SSSR count). The highest BCUT2D eigenvalue weighted by Gasteiger charge is 2.26.